The van der Waals surface area contributed by atoms with Crippen LogP contribution in [-0.4, -0.2) is 6.71 Å². The third kappa shape index (κ3) is 7.23. The molecule has 6 aromatic rings. The maximum Gasteiger partial charge on any atom is 0.251 e. The van der Waals surface area contributed by atoms with Crippen LogP contribution in [0.25, 0.3) is 22.3 Å². The van der Waals surface area contributed by atoms with Crippen molar-refractivity contribution in [3.63, 3.8) is 0 Å². The van der Waals surface area contributed by atoms with Crippen LogP contribution in [0.1, 0.15) is 148 Å². The third-order valence-electron chi connectivity index (χ3n) is 15.3. The Morgan fingerprint density at radius 1 is 0.576 bits per heavy atom. The highest BCUT2D eigenvalue weighted by molar-refractivity contribution is 6.94. The molecule has 2 heterocycles. The van der Waals surface area contributed by atoms with Crippen molar-refractivity contribution in [2.24, 2.45) is 5.92 Å². The monoisotopic (exact) mass is 870 g/mol. The van der Waals surface area contributed by atoms with Gasteiger partial charge in [-0.2, -0.15) is 0 Å². The Morgan fingerprint density at radius 3 is 1.74 bits per heavy atom. The van der Waals surface area contributed by atoms with Crippen LogP contribution in [0.5, 0.6) is 0 Å². The topological polar surface area (TPSA) is 6.48 Å². The second-order valence-corrected chi connectivity index (χ2v) is 24.3. The first-order chi connectivity index (χ1) is 32.2. The van der Waals surface area contributed by atoms with Gasteiger partial charge in [0.2, 0.25) is 0 Å². The fraction of sp³-hybridized carbons (Fsp3) is 0.365. The molecule has 10 rings (SSSR count). The molecule has 2 nitrogen and oxygen atoms in total. The lowest BCUT2D eigenvalue weighted by Gasteiger charge is -2.49. The quantitative estimate of drug-likeness (QED) is 0.159. The lowest BCUT2D eigenvalue weighted by atomic mass is 9.31. The second-order valence-electron chi connectivity index (χ2n) is 24.3. The summed E-state index contributed by atoms with van der Waals surface area (Å²) in [6, 6.07) is 48.3. The number of benzene rings is 6. The van der Waals surface area contributed by atoms with Gasteiger partial charge >= 0.3 is 0 Å². The van der Waals surface area contributed by atoms with Crippen LogP contribution in [0.2, 0.25) is 0 Å². The maximum atomic E-state index is 8.78. The molecule has 6 aromatic carbocycles. The summed E-state index contributed by atoms with van der Waals surface area (Å²) in [4.78, 5) is 5.11. The van der Waals surface area contributed by atoms with E-state index in [0.29, 0.717) is 6.42 Å². The molecule has 0 saturated carbocycles. The van der Waals surface area contributed by atoms with Gasteiger partial charge in [0.05, 0.1) is 5.69 Å². The fourth-order valence-corrected chi connectivity index (χ4v) is 12.1. The van der Waals surface area contributed by atoms with Crippen LogP contribution in [0, 0.1) is 5.92 Å². The molecule has 0 saturated heterocycles. The standard InChI is InChI=1S/C63H71BN2/c1-15-40-32-56-58-57(33-40)66(54-36-46(41-22-18-16-19-23-41)48(61(8,9)10)35-47(54)42-24-20-17-21-25-42)55-38-50-49(62(11,12)39-63(50,13)14)37-52(55)64(58)51-34-44(60(5,6)7)28-31-53(51)65(56)45-29-26-43(27-30-45)59(2,3)4/h16-32,34-38,40H,15,33,39H2,1-14H3/i1D3. The van der Waals surface area contributed by atoms with E-state index in [-0.39, 0.29) is 46.1 Å². The van der Waals surface area contributed by atoms with E-state index < -0.39 is 6.85 Å². The van der Waals surface area contributed by atoms with Crippen molar-refractivity contribution in [3.05, 3.63) is 178 Å². The largest absolute Gasteiger partial charge is 0.314 e. The highest BCUT2D eigenvalue weighted by atomic mass is 15.2. The molecule has 0 radical (unpaired) electrons. The average Bonchev–Trinajstić information content (AvgIpc) is 3.45. The highest BCUT2D eigenvalue weighted by Gasteiger charge is 2.50. The van der Waals surface area contributed by atoms with E-state index >= 15 is 0 Å². The molecule has 2 aliphatic carbocycles. The van der Waals surface area contributed by atoms with E-state index in [9.17, 15) is 0 Å². The van der Waals surface area contributed by atoms with Gasteiger partial charge in [-0.25, -0.2) is 0 Å². The zero-order valence-corrected chi connectivity index (χ0v) is 41.9. The molecule has 4 aliphatic rings. The molecule has 66 heavy (non-hydrogen) atoms. The van der Waals surface area contributed by atoms with Crippen LogP contribution in [-0.2, 0) is 27.1 Å². The molecule has 3 heteroatoms. The van der Waals surface area contributed by atoms with Crippen LogP contribution in [0.3, 0.4) is 0 Å². The normalized spacial score (nSPS) is 19.3. The maximum absolute atomic E-state index is 8.78. The Morgan fingerprint density at radius 2 is 1.15 bits per heavy atom. The zero-order chi connectivity index (χ0) is 49.4. The summed E-state index contributed by atoms with van der Waals surface area (Å²) in [5.74, 6) is -0.241. The van der Waals surface area contributed by atoms with Crippen molar-refractivity contribution in [1.82, 2.24) is 0 Å². The van der Waals surface area contributed by atoms with Crippen LogP contribution >= 0.6 is 0 Å². The van der Waals surface area contributed by atoms with Gasteiger partial charge in [-0.05, 0) is 150 Å². The molecule has 336 valence electrons. The molecule has 1 unspecified atom stereocenters. The van der Waals surface area contributed by atoms with Gasteiger partial charge in [0, 0.05) is 38.1 Å². The summed E-state index contributed by atoms with van der Waals surface area (Å²) in [5.41, 5.74) is 21.8. The second kappa shape index (κ2) is 15.2. The molecule has 0 amide bonds. The van der Waals surface area contributed by atoms with Crippen LogP contribution in [0.4, 0.5) is 22.7 Å². The van der Waals surface area contributed by atoms with Gasteiger partial charge in [0.15, 0.2) is 0 Å². The number of hydrogen-bond acceptors (Lipinski definition) is 2. The summed E-state index contributed by atoms with van der Waals surface area (Å²) in [7, 11) is 0. The SMILES string of the molecule is [2H]C([2H])([2H])CC1C=C2C3=C(C1)N(c1cc(-c4ccccc4)c(C(C)(C)C)cc1-c1ccccc1)c1cc4c(cc1B3c1cc(C(C)(C)C)ccc1N2c1ccc(C(C)(C)C)cc1)C(C)(C)CC4(C)C. The Balaban J connectivity index is 1.38. The third-order valence-corrected chi connectivity index (χ3v) is 15.3. The van der Waals surface area contributed by atoms with Gasteiger partial charge in [-0.15, -0.1) is 0 Å². The van der Waals surface area contributed by atoms with E-state index in [0.717, 1.165) is 34.7 Å². The van der Waals surface area contributed by atoms with Crippen molar-refractivity contribution < 1.29 is 4.11 Å². The summed E-state index contributed by atoms with van der Waals surface area (Å²) in [5, 5.41) is 0. The lowest BCUT2D eigenvalue weighted by molar-refractivity contribution is 0.403. The predicted molar refractivity (Wildman–Crippen MR) is 286 cm³/mol. The van der Waals surface area contributed by atoms with Gasteiger partial charge in [-0.1, -0.05) is 194 Å². The Labute approximate surface area is 402 Å². The van der Waals surface area contributed by atoms with Crippen LogP contribution < -0.4 is 20.7 Å². The van der Waals surface area contributed by atoms with E-state index in [4.69, 9.17) is 4.11 Å². The van der Waals surface area contributed by atoms with Gasteiger partial charge in [0.1, 0.15) is 0 Å². The Hall–Kier alpha value is -5.54. The average molecular weight is 870 g/mol. The number of anilines is 4. The van der Waals surface area contributed by atoms with Gasteiger partial charge < -0.3 is 9.80 Å². The number of fused-ring (bicyclic) bond motifs is 5. The van der Waals surface area contributed by atoms with Crippen molar-refractivity contribution >= 4 is 40.4 Å². The number of allylic oxidation sites excluding steroid dienone is 3. The molecule has 0 N–H and O–H groups in total. The minimum Gasteiger partial charge on any atom is -0.314 e. The molecule has 2 aliphatic heterocycles. The minimum absolute atomic E-state index is 0.0105. The number of hydrogen-bond donors (Lipinski definition) is 0. The van der Waals surface area contributed by atoms with Gasteiger partial charge in [0.25, 0.3) is 6.71 Å². The van der Waals surface area contributed by atoms with Crippen molar-refractivity contribution in [3.8, 4) is 22.3 Å². The van der Waals surface area contributed by atoms with Gasteiger partial charge in [-0.3, -0.25) is 0 Å². The molecule has 0 spiro atoms. The first kappa shape index (κ1) is 40.7. The number of nitrogens with zero attached hydrogens (tertiary/aromatic N) is 2. The first-order valence-corrected chi connectivity index (χ1v) is 24.5. The van der Waals surface area contributed by atoms with Crippen molar-refractivity contribution in [1.29, 1.82) is 0 Å². The van der Waals surface area contributed by atoms with E-state index in [1.807, 2.05) is 0 Å². The predicted octanol–water partition coefficient (Wildman–Crippen LogP) is 15.9. The molecule has 1 atom stereocenters. The van der Waals surface area contributed by atoms with Crippen molar-refractivity contribution in [2.75, 3.05) is 9.80 Å². The first-order valence-electron chi connectivity index (χ1n) is 26.0. The lowest BCUT2D eigenvalue weighted by Crippen LogP contribution is -2.57. The molecular formula is C63H71BN2. The van der Waals surface area contributed by atoms with E-state index in [1.54, 1.807) is 0 Å². The van der Waals surface area contributed by atoms with E-state index in [1.165, 1.54) is 72.3 Å². The smallest absolute Gasteiger partial charge is 0.251 e. The summed E-state index contributed by atoms with van der Waals surface area (Å²) in [6.07, 6.45) is 4.08. The molecule has 0 aromatic heterocycles. The minimum atomic E-state index is -2.12. The Bertz CT molecular complexity index is 3060. The highest BCUT2D eigenvalue weighted by Crippen LogP contribution is 2.56. The number of rotatable bonds is 5. The summed E-state index contributed by atoms with van der Waals surface area (Å²) >= 11 is 0. The molecule has 0 bridgehead atoms. The van der Waals surface area contributed by atoms with Crippen molar-refractivity contribution in [2.45, 2.75) is 143 Å². The fourth-order valence-electron chi connectivity index (χ4n) is 12.1. The Kier molecular flexibility index (Phi) is 9.41. The van der Waals surface area contributed by atoms with E-state index in [2.05, 4.69) is 233 Å². The van der Waals surface area contributed by atoms with Crippen LogP contribution in [0.15, 0.2) is 150 Å². The molecule has 0 fully saturated rings. The summed E-state index contributed by atoms with van der Waals surface area (Å²) < 4.78 is 26.3. The molecular weight excluding hydrogens is 796 g/mol. The zero-order valence-electron chi connectivity index (χ0n) is 44.9. The summed E-state index contributed by atoms with van der Waals surface area (Å²) in [6.45, 7) is 28.3.